The van der Waals surface area contributed by atoms with Gasteiger partial charge in [0.05, 0.1) is 19.8 Å². The van der Waals surface area contributed by atoms with Gasteiger partial charge in [-0.15, -0.1) is 11.3 Å². The minimum atomic E-state index is -0.438. The van der Waals surface area contributed by atoms with E-state index < -0.39 is 4.92 Å². The number of aromatic nitrogens is 1. The van der Waals surface area contributed by atoms with Crippen molar-refractivity contribution in [1.29, 1.82) is 0 Å². The van der Waals surface area contributed by atoms with E-state index in [9.17, 15) is 14.9 Å². The van der Waals surface area contributed by atoms with Crippen LogP contribution in [0.1, 0.15) is 15.4 Å². The molecule has 1 aromatic carbocycles. The van der Waals surface area contributed by atoms with E-state index in [-0.39, 0.29) is 11.5 Å². The second-order valence-corrected chi connectivity index (χ2v) is 6.60. The third-order valence-corrected chi connectivity index (χ3v) is 4.57. The largest absolute Gasteiger partial charge is 0.317 e. The number of nitrogens with zero attached hydrogens (tertiary/aromatic N) is 2. The number of carbonyl (C=O) groups excluding carboxylic acids is 1. The summed E-state index contributed by atoms with van der Waals surface area (Å²) >= 11 is 7.05. The van der Waals surface area contributed by atoms with Crippen LogP contribution in [0.3, 0.4) is 0 Å². The molecule has 24 heavy (non-hydrogen) atoms. The maximum absolute atomic E-state index is 12.1. The van der Waals surface area contributed by atoms with Gasteiger partial charge in [-0.25, -0.2) is 0 Å². The molecule has 0 fully saturated rings. The molecule has 0 amide bonds. The second-order valence-electron chi connectivity index (χ2n) is 4.88. The van der Waals surface area contributed by atoms with Crippen LogP contribution in [0, 0.1) is 10.1 Å². The highest BCUT2D eigenvalue weighted by molar-refractivity contribution is 7.18. The van der Waals surface area contributed by atoms with Gasteiger partial charge in [-0.2, -0.15) is 0 Å². The molecule has 2 heterocycles. The van der Waals surface area contributed by atoms with Crippen molar-refractivity contribution in [1.82, 2.24) is 4.57 Å². The number of halogens is 1. The van der Waals surface area contributed by atoms with Crippen LogP contribution in [0.15, 0.2) is 60.8 Å². The smallest absolute Gasteiger partial charge is 0.271 e. The van der Waals surface area contributed by atoms with Crippen LogP contribution >= 0.6 is 22.9 Å². The van der Waals surface area contributed by atoms with Crippen molar-refractivity contribution >= 4 is 40.5 Å². The fraction of sp³-hybridized carbons (Fsp3) is 0. The third kappa shape index (κ3) is 3.45. The summed E-state index contributed by atoms with van der Waals surface area (Å²) in [7, 11) is 0. The zero-order valence-electron chi connectivity index (χ0n) is 12.3. The van der Waals surface area contributed by atoms with E-state index in [0.717, 1.165) is 5.69 Å². The Morgan fingerprint density at radius 2 is 2.04 bits per heavy atom. The van der Waals surface area contributed by atoms with E-state index >= 15 is 0 Å². The minimum absolute atomic E-state index is 0.0143. The van der Waals surface area contributed by atoms with Crippen molar-refractivity contribution < 1.29 is 9.72 Å². The van der Waals surface area contributed by atoms with Gasteiger partial charge in [0, 0.05) is 24.0 Å². The molecule has 3 aromatic rings. The number of nitro groups is 1. The van der Waals surface area contributed by atoms with Crippen LogP contribution in [0.2, 0.25) is 4.34 Å². The van der Waals surface area contributed by atoms with E-state index in [1.165, 1.54) is 29.5 Å². The zero-order valence-corrected chi connectivity index (χ0v) is 13.8. The van der Waals surface area contributed by atoms with Crippen molar-refractivity contribution in [2.24, 2.45) is 0 Å². The van der Waals surface area contributed by atoms with Gasteiger partial charge in [-0.1, -0.05) is 17.7 Å². The molecule has 3 rings (SSSR count). The highest BCUT2D eigenvalue weighted by Crippen LogP contribution is 2.23. The van der Waals surface area contributed by atoms with Crippen molar-refractivity contribution in [3.8, 4) is 5.69 Å². The Labute approximate surface area is 146 Å². The minimum Gasteiger partial charge on any atom is -0.317 e. The van der Waals surface area contributed by atoms with Crippen LogP contribution < -0.4 is 0 Å². The van der Waals surface area contributed by atoms with E-state index in [4.69, 9.17) is 11.6 Å². The predicted molar refractivity (Wildman–Crippen MR) is 95.1 cm³/mol. The highest BCUT2D eigenvalue weighted by atomic mass is 35.5. The molecule has 0 saturated carbocycles. The number of ketones is 1. The van der Waals surface area contributed by atoms with Crippen LogP contribution in [0.25, 0.3) is 11.8 Å². The van der Waals surface area contributed by atoms with Gasteiger partial charge in [-0.05, 0) is 42.5 Å². The van der Waals surface area contributed by atoms with Crippen molar-refractivity contribution in [3.05, 3.63) is 85.8 Å². The lowest BCUT2D eigenvalue weighted by atomic mass is 10.2. The molecule has 0 bridgehead atoms. The molecule has 0 atom stereocenters. The molecule has 120 valence electrons. The van der Waals surface area contributed by atoms with Crippen LogP contribution in [0.4, 0.5) is 5.69 Å². The third-order valence-electron chi connectivity index (χ3n) is 3.32. The Bertz CT molecular complexity index is 943. The summed E-state index contributed by atoms with van der Waals surface area (Å²) in [5.41, 5.74) is 1.41. The molecule has 0 unspecified atom stereocenters. The quantitative estimate of drug-likeness (QED) is 0.279. The standard InChI is InChI=1S/C17H11ClN2O3S/c18-17-9-8-16(24-17)15(21)7-6-12-5-2-10-19(12)13-3-1-4-14(11-13)20(22)23/h1-11H/b7-6+. The molecular weight excluding hydrogens is 348 g/mol. The lowest BCUT2D eigenvalue weighted by molar-refractivity contribution is -0.384. The van der Waals surface area contributed by atoms with Gasteiger partial charge in [0.15, 0.2) is 5.78 Å². The van der Waals surface area contributed by atoms with E-state index in [1.807, 2.05) is 12.1 Å². The Balaban J connectivity index is 1.88. The Morgan fingerprint density at radius 3 is 2.75 bits per heavy atom. The summed E-state index contributed by atoms with van der Waals surface area (Å²) in [6.45, 7) is 0. The zero-order chi connectivity index (χ0) is 17.1. The first kappa shape index (κ1) is 16.2. The van der Waals surface area contributed by atoms with Gasteiger partial charge in [0.25, 0.3) is 5.69 Å². The van der Waals surface area contributed by atoms with Crippen molar-refractivity contribution in [3.63, 3.8) is 0 Å². The normalized spacial score (nSPS) is 11.0. The Morgan fingerprint density at radius 1 is 1.21 bits per heavy atom. The predicted octanol–water partition coefficient (Wildman–Crippen LogP) is 5.00. The van der Waals surface area contributed by atoms with Gasteiger partial charge >= 0.3 is 0 Å². The number of hydrogen-bond donors (Lipinski definition) is 0. The average Bonchev–Trinajstić information content (AvgIpc) is 3.21. The number of thiophene rings is 1. The summed E-state index contributed by atoms with van der Waals surface area (Å²) in [6.07, 6.45) is 4.92. The fourth-order valence-corrected chi connectivity index (χ4v) is 3.17. The first-order chi connectivity index (χ1) is 11.5. The fourth-order valence-electron chi connectivity index (χ4n) is 2.21. The van der Waals surface area contributed by atoms with Crippen LogP contribution in [-0.2, 0) is 0 Å². The number of non-ortho nitro benzene ring substituents is 1. The van der Waals surface area contributed by atoms with Crippen LogP contribution in [-0.4, -0.2) is 15.3 Å². The molecular formula is C17H11ClN2O3S. The van der Waals surface area contributed by atoms with Gasteiger partial charge in [-0.3, -0.25) is 14.9 Å². The number of rotatable bonds is 5. The summed E-state index contributed by atoms with van der Waals surface area (Å²) < 4.78 is 2.34. The number of benzene rings is 1. The molecule has 7 heteroatoms. The molecule has 0 aliphatic heterocycles. The summed E-state index contributed by atoms with van der Waals surface area (Å²) in [5.74, 6) is -0.140. The molecule has 0 aliphatic carbocycles. The van der Waals surface area contributed by atoms with E-state index in [2.05, 4.69) is 0 Å². The van der Waals surface area contributed by atoms with Gasteiger partial charge in [0.2, 0.25) is 0 Å². The average molecular weight is 359 g/mol. The van der Waals surface area contributed by atoms with Gasteiger partial charge < -0.3 is 4.57 Å². The molecule has 0 N–H and O–H groups in total. The maximum Gasteiger partial charge on any atom is 0.271 e. The lowest BCUT2D eigenvalue weighted by Crippen LogP contribution is -1.97. The number of hydrogen-bond acceptors (Lipinski definition) is 4. The highest BCUT2D eigenvalue weighted by Gasteiger charge is 2.09. The maximum atomic E-state index is 12.1. The Hall–Kier alpha value is -2.70. The summed E-state index contributed by atoms with van der Waals surface area (Å²) in [5, 5.41) is 10.9. The molecule has 5 nitrogen and oxygen atoms in total. The van der Waals surface area contributed by atoms with Gasteiger partial charge in [0.1, 0.15) is 0 Å². The molecule has 2 aromatic heterocycles. The first-order valence-electron chi connectivity index (χ1n) is 6.94. The first-order valence-corrected chi connectivity index (χ1v) is 8.14. The summed E-state index contributed by atoms with van der Waals surface area (Å²) in [4.78, 5) is 23.1. The van der Waals surface area contributed by atoms with Crippen molar-refractivity contribution in [2.75, 3.05) is 0 Å². The number of allylic oxidation sites excluding steroid dienone is 1. The summed E-state index contributed by atoms with van der Waals surface area (Å²) in [6, 6.07) is 13.3. The van der Waals surface area contributed by atoms with Crippen LogP contribution in [0.5, 0.6) is 0 Å². The topological polar surface area (TPSA) is 65.1 Å². The van der Waals surface area contributed by atoms with E-state index in [1.54, 1.807) is 41.1 Å². The van der Waals surface area contributed by atoms with E-state index in [0.29, 0.717) is 14.9 Å². The Kier molecular flexibility index (Phi) is 4.59. The molecule has 0 aliphatic rings. The monoisotopic (exact) mass is 358 g/mol. The second kappa shape index (κ2) is 6.82. The molecule has 0 radical (unpaired) electrons. The molecule has 0 saturated heterocycles. The number of carbonyl (C=O) groups is 1. The number of nitro benzene ring substituents is 1. The SMILES string of the molecule is O=C(/C=C/c1cccn1-c1cccc([N+](=O)[O-])c1)c1ccc(Cl)s1. The molecule has 0 spiro atoms. The van der Waals surface area contributed by atoms with Crippen molar-refractivity contribution in [2.45, 2.75) is 0 Å². The lowest BCUT2D eigenvalue weighted by Gasteiger charge is -2.06.